The Morgan fingerprint density at radius 3 is 2.39 bits per heavy atom. The Morgan fingerprint density at radius 1 is 0.871 bits per heavy atom. The quantitative estimate of drug-likeness (QED) is 0.505. The lowest BCUT2D eigenvalue weighted by molar-refractivity contribution is 0.0666. The molecule has 0 fully saturated rings. The number of aryl methyl sites for hydroxylation is 1. The highest BCUT2D eigenvalue weighted by Gasteiger charge is 2.33. The average molecular weight is 409 g/mol. The normalized spacial score (nSPS) is 15.5. The van der Waals surface area contributed by atoms with Crippen molar-refractivity contribution >= 4 is 11.6 Å². The Labute approximate surface area is 182 Å². The highest BCUT2D eigenvalue weighted by molar-refractivity contribution is 6.01. The number of amides is 1. The fraction of sp³-hybridized carbons (Fsp3) is 0.154. The first-order valence-electron chi connectivity index (χ1n) is 10.5. The fourth-order valence-corrected chi connectivity index (χ4v) is 3.99. The van der Waals surface area contributed by atoms with Gasteiger partial charge in [-0.05, 0) is 30.2 Å². The molecular weight excluding hydrogens is 384 g/mol. The number of nitrogens with one attached hydrogen (secondary N) is 1. The number of fused-ring (bicyclic) bond motifs is 1. The van der Waals surface area contributed by atoms with Crippen molar-refractivity contribution in [2.75, 3.05) is 5.32 Å². The minimum atomic E-state index is -0.284. The van der Waals surface area contributed by atoms with E-state index in [-0.39, 0.29) is 12.1 Å². The van der Waals surface area contributed by atoms with Gasteiger partial charge in [-0.15, -0.1) is 0 Å². The van der Waals surface area contributed by atoms with E-state index in [4.69, 9.17) is 0 Å². The summed E-state index contributed by atoms with van der Waals surface area (Å²) in [5, 5.41) is 8.11. The maximum Gasteiger partial charge on any atom is 0.258 e. The molecule has 2 heterocycles. The number of hydrogen-bond donors (Lipinski definition) is 1. The lowest BCUT2D eigenvalue weighted by Gasteiger charge is -2.37. The molecule has 1 amide bonds. The van der Waals surface area contributed by atoms with Gasteiger partial charge in [-0.3, -0.25) is 9.48 Å². The van der Waals surface area contributed by atoms with Crippen molar-refractivity contribution in [3.05, 3.63) is 119 Å². The maximum atomic E-state index is 13.4. The van der Waals surface area contributed by atoms with Crippen LogP contribution in [0.1, 0.15) is 38.8 Å². The topological polar surface area (TPSA) is 50.2 Å². The number of anilines is 1. The molecule has 154 valence electrons. The molecule has 1 atom stereocenters. The van der Waals surface area contributed by atoms with Crippen LogP contribution in [0.15, 0.2) is 91.3 Å². The number of benzene rings is 3. The van der Waals surface area contributed by atoms with E-state index in [1.807, 2.05) is 64.4 Å². The summed E-state index contributed by atoms with van der Waals surface area (Å²) < 4.78 is 1.92. The van der Waals surface area contributed by atoms with Gasteiger partial charge in [0.25, 0.3) is 5.91 Å². The maximum absolute atomic E-state index is 13.4. The van der Waals surface area contributed by atoms with E-state index in [1.54, 1.807) is 0 Å². The Bertz CT molecular complexity index is 1200. The first kappa shape index (κ1) is 19.1. The molecule has 31 heavy (non-hydrogen) atoms. The van der Waals surface area contributed by atoms with Gasteiger partial charge < -0.3 is 10.2 Å². The highest BCUT2D eigenvalue weighted by Crippen LogP contribution is 2.34. The Morgan fingerprint density at radius 2 is 1.58 bits per heavy atom. The minimum Gasteiger partial charge on any atom is -0.361 e. The minimum absolute atomic E-state index is 0.0238. The molecule has 1 aromatic heterocycles. The molecule has 1 aliphatic heterocycles. The van der Waals surface area contributed by atoms with Crippen LogP contribution in [-0.2, 0) is 13.1 Å². The summed E-state index contributed by atoms with van der Waals surface area (Å²) in [6.07, 6.45) is 3.59. The van der Waals surface area contributed by atoms with Crippen molar-refractivity contribution in [1.29, 1.82) is 0 Å². The van der Waals surface area contributed by atoms with Crippen molar-refractivity contribution in [3.8, 4) is 0 Å². The molecule has 3 aromatic carbocycles. The monoisotopic (exact) mass is 408 g/mol. The zero-order valence-corrected chi connectivity index (χ0v) is 17.4. The number of carbonyl (C=O) groups excluding carboxylic acids is 1. The van der Waals surface area contributed by atoms with Crippen molar-refractivity contribution in [2.45, 2.75) is 26.2 Å². The van der Waals surface area contributed by atoms with Crippen LogP contribution in [0, 0.1) is 6.92 Å². The van der Waals surface area contributed by atoms with Gasteiger partial charge in [0, 0.05) is 24.0 Å². The van der Waals surface area contributed by atoms with Crippen LogP contribution >= 0.6 is 0 Å². The highest BCUT2D eigenvalue weighted by atomic mass is 16.2. The number of rotatable bonds is 5. The molecule has 0 saturated carbocycles. The average Bonchev–Trinajstić information content (AvgIpc) is 3.26. The summed E-state index contributed by atoms with van der Waals surface area (Å²) in [6, 6.07) is 26.3. The van der Waals surface area contributed by atoms with Gasteiger partial charge in [-0.2, -0.15) is 5.10 Å². The molecule has 5 nitrogen and oxygen atoms in total. The summed E-state index contributed by atoms with van der Waals surface area (Å²) in [4.78, 5) is 15.3. The largest absolute Gasteiger partial charge is 0.361 e. The lowest BCUT2D eigenvalue weighted by Crippen LogP contribution is -2.42. The van der Waals surface area contributed by atoms with Crippen LogP contribution < -0.4 is 5.32 Å². The molecule has 0 bridgehead atoms. The summed E-state index contributed by atoms with van der Waals surface area (Å²) in [5.41, 5.74) is 6.01. The van der Waals surface area contributed by atoms with Crippen LogP contribution in [0.5, 0.6) is 0 Å². The van der Waals surface area contributed by atoms with Gasteiger partial charge in [0.2, 0.25) is 0 Å². The molecule has 5 heteroatoms. The second-order valence-electron chi connectivity index (χ2n) is 7.97. The van der Waals surface area contributed by atoms with Gasteiger partial charge in [0.15, 0.2) is 0 Å². The van der Waals surface area contributed by atoms with E-state index >= 15 is 0 Å². The predicted octanol–water partition coefficient (Wildman–Crippen LogP) is 5.01. The first-order chi connectivity index (χ1) is 15.2. The number of nitrogens with zero attached hydrogens (tertiary/aromatic N) is 3. The molecule has 0 aliphatic carbocycles. The van der Waals surface area contributed by atoms with Gasteiger partial charge >= 0.3 is 0 Å². The van der Waals surface area contributed by atoms with Crippen molar-refractivity contribution in [2.24, 2.45) is 0 Å². The van der Waals surface area contributed by atoms with Crippen LogP contribution in [-0.4, -0.2) is 20.6 Å². The molecule has 5 rings (SSSR count). The Balaban J connectivity index is 1.47. The summed E-state index contributed by atoms with van der Waals surface area (Å²) >= 11 is 0. The number of hydrogen-bond acceptors (Lipinski definition) is 3. The van der Waals surface area contributed by atoms with Crippen LogP contribution in [0.25, 0.3) is 0 Å². The van der Waals surface area contributed by atoms with Crippen LogP contribution in [0.2, 0.25) is 0 Å². The molecule has 0 radical (unpaired) electrons. The number of aromatic nitrogens is 2. The van der Waals surface area contributed by atoms with Crippen molar-refractivity contribution in [3.63, 3.8) is 0 Å². The van der Waals surface area contributed by atoms with E-state index in [2.05, 4.69) is 53.7 Å². The predicted molar refractivity (Wildman–Crippen MR) is 122 cm³/mol. The molecule has 4 aromatic rings. The third-order valence-corrected chi connectivity index (χ3v) is 5.65. The summed E-state index contributed by atoms with van der Waals surface area (Å²) in [7, 11) is 0. The van der Waals surface area contributed by atoms with E-state index in [9.17, 15) is 4.79 Å². The van der Waals surface area contributed by atoms with Crippen molar-refractivity contribution in [1.82, 2.24) is 14.7 Å². The van der Waals surface area contributed by atoms with E-state index in [0.29, 0.717) is 18.7 Å². The molecule has 1 unspecified atom stereocenters. The van der Waals surface area contributed by atoms with Gasteiger partial charge in [0.05, 0.1) is 18.3 Å². The zero-order valence-electron chi connectivity index (χ0n) is 17.4. The summed E-state index contributed by atoms with van der Waals surface area (Å²) in [6.45, 7) is 3.28. The lowest BCUT2D eigenvalue weighted by atomic mass is 10.0. The standard InChI is InChI=1S/C26H24N4O/c1-19-11-13-21(14-12-19)17-30-25(28-24-10-6-5-9-23(24)26(30)31)22-15-27-29(18-22)16-20-7-3-2-4-8-20/h2-15,18,25,28H,16-17H2,1H3. The second kappa shape index (κ2) is 8.11. The van der Waals surface area contributed by atoms with Crippen LogP contribution in [0.3, 0.4) is 0 Å². The van der Waals surface area contributed by atoms with Crippen LogP contribution in [0.4, 0.5) is 5.69 Å². The molecular formula is C26H24N4O. The smallest absolute Gasteiger partial charge is 0.258 e. The fourth-order valence-electron chi connectivity index (χ4n) is 3.99. The van der Waals surface area contributed by atoms with E-state index < -0.39 is 0 Å². The first-order valence-corrected chi connectivity index (χ1v) is 10.5. The number of carbonyl (C=O) groups is 1. The third kappa shape index (κ3) is 3.94. The third-order valence-electron chi connectivity index (χ3n) is 5.65. The Hall–Kier alpha value is -3.86. The van der Waals surface area contributed by atoms with Gasteiger partial charge in [-0.1, -0.05) is 72.3 Å². The van der Waals surface area contributed by atoms with Crippen molar-refractivity contribution < 1.29 is 4.79 Å². The van der Waals surface area contributed by atoms with E-state index in [1.165, 1.54) is 11.1 Å². The Kier molecular flexibility index (Phi) is 5.00. The van der Waals surface area contributed by atoms with Gasteiger partial charge in [0.1, 0.15) is 6.17 Å². The molecule has 1 N–H and O–H groups in total. The zero-order chi connectivity index (χ0) is 21.2. The molecule has 0 spiro atoms. The van der Waals surface area contributed by atoms with E-state index in [0.717, 1.165) is 16.8 Å². The summed E-state index contributed by atoms with van der Waals surface area (Å²) in [5.74, 6) is 0.0238. The number of para-hydroxylation sites is 1. The SMILES string of the molecule is Cc1ccc(CN2C(=O)c3ccccc3NC2c2cnn(Cc3ccccc3)c2)cc1. The second-order valence-corrected chi connectivity index (χ2v) is 7.97. The molecule has 0 saturated heterocycles. The molecule has 1 aliphatic rings. The van der Waals surface area contributed by atoms with Gasteiger partial charge in [-0.25, -0.2) is 0 Å².